The van der Waals surface area contributed by atoms with E-state index in [1.54, 1.807) is 0 Å². The zero-order valence-corrected chi connectivity index (χ0v) is 10.2. The fourth-order valence-corrected chi connectivity index (χ4v) is 2.49. The van der Waals surface area contributed by atoms with E-state index in [0.29, 0.717) is 11.8 Å². The third-order valence-corrected chi connectivity index (χ3v) is 3.66. The van der Waals surface area contributed by atoms with Gasteiger partial charge in [-0.3, -0.25) is 4.79 Å². The number of hydrogen-bond acceptors (Lipinski definition) is 4. The highest BCUT2D eigenvalue weighted by atomic mass is 16.5. The molecule has 2 fully saturated rings. The van der Waals surface area contributed by atoms with Crippen molar-refractivity contribution in [1.82, 2.24) is 10.2 Å². The van der Waals surface area contributed by atoms with Gasteiger partial charge in [-0.1, -0.05) is 0 Å². The molecule has 1 aliphatic heterocycles. The molecular weight excluding hydrogens is 204 g/mol. The third kappa shape index (κ3) is 2.95. The number of carbonyl (C=O) groups excluding carboxylic acids is 1. The van der Waals surface area contributed by atoms with Crippen LogP contribution in [0.5, 0.6) is 0 Å². The van der Waals surface area contributed by atoms with Crippen molar-refractivity contribution < 1.29 is 9.53 Å². The first-order valence-corrected chi connectivity index (χ1v) is 6.20. The van der Waals surface area contributed by atoms with Crippen molar-refractivity contribution in [3.05, 3.63) is 0 Å². The summed E-state index contributed by atoms with van der Waals surface area (Å²) in [6.07, 6.45) is 3.57. The van der Waals surface area contributed by atoms with Crippen molar-refractivity contribution in [1.29, 1.82) is 0 Å². The molecule has 0 radical (unpaired) electrons. The van der Waals surface area contributed by atoms with Crippen LogP contribution in [0.15, 0.2) is 0 Å². The van der Waals surface area contributed by atoms with Crippen LogP contribution < -0.4 is 5.32 Å². The van der Waals surface area contributed by atoms with Crippen LogP contribution in [0, 0.1) is 11.8 Å². The molecule has 2 unspecified atom stereocenters. The number of ether oxygens (including phenoxy) is 1. The molecule has 2 atom stereocenters. The number of esters is 1. The van der Waals surface area contributed by atoms with E-state index in [0.717, 1.165) is 25.9 Å². The number of carbonyl (C=O) groups is 1. The van der Waals surface area contributed by atoms with Crippen LogP contribution in [0.2, 0.25) is 0 Å². The summed E-state index contributed by atoms with van der Waals surface area (Å²) in [6.45, 7) is 3.27. The van der Waals surface area contributed by atoms with Crippen LogP contribution in [-0.4, -0.2) is 50.7 Å². The van der Waals surface area contributed by atoms with Crippen LogP contribution in [0.4, 0.5) is 0 Å². The lowest BCUT2D eigenvalue weighted by molar-refractivity contribution is -0.143. The van der Waals surface area contributed by atoms with Crippen molar-refractivity contribution in [2.45, 2.75) is 25.3 Å². The summed E-state index contributed by atoms with van der Waals surface area (Å²) in [6, 6.07) is -0.0593. The van der Waals surface area contributed by atoms with Gasteiger partial charge in [0.15, 0.2) is 0 Å². The molecule has 92 valence electrons. The van der Waals surface area contributed by atoms with Gasteiger partial charge in [-0.25, -0.2) is 0 Å². The molecule has 4 heteroatoms. The van der Waals surface area contributed by atoms with E-state index in [2.05, 4.69) is 17.3 Å². The zero-order valence-electron chi connectivity index (χ0n) is 10.2. The summed E-state index contributed by atoms with van der Waals surface area (Å²) >= 11 is 0. The molecule has 1 heterocycles. The summed E-state index contributed by atoms with van der Waals surface area (Å²) in [7, 11) is 3.63. The van der Waals surface area contributed by atoms with E-state index in [1.807, 2.05) is 0 Å². The summed E-state index contributed by atoms with van der Waals surface area (Å²) in [5.41, 5.74) is 0. The minimum Gasteiger partial charge on any atom is -0.468 e. The van der Waals surface area contributed by atoms with Crippen molar-refractivity contribution in [3.63, 3.8) is 0 Å². The molecule has 2 aliphatic rings. The van der Waals surface area contributed by atoms with E-state index >= 15 is 0 Å². The zero-order chi connectivity index (χ0) is 11.5. The highest BCUT2D eigenvalue weighted by molar-refractivity contribution is 5.76. The Hall–Kier alpha value is -0.610. The summed E-state index contributed by atoms with van der Waals surface area (Å²) in [5, 5.41) is 3.39. The summed E-state index contributed by atoms with van der Waals surface area (Å²) in [4.78, 5) is 13.9. The van der Waals surface area contributed by atoms with Gasteiger partial charge in [0, 0.05) is 13.1 Å². The molecule has 4 nitrogen and oxygen atoms in total. The van der Waals surface area contributed by atoms with E-state index < -0.39 is 0 Å². The smallest absolute Gasteiger partial charge is 0.323 e. The summed E-state index contributed by atoms with van der Waals surface area (Å²) in [5.74, 6) is 1.12. The minimum atomic E-state index is -0.0890. The second-order valence-corrected chi connectivity index (χ2v) is 5.16. The standard InChI is InChI=1S/C12H22N2O2/c1-14-6-5-9(8-14)7-13-11(10-3-4-10)12(15)16-2/h9-11,13H,3-8H2,1-2H3. The van der Waals surface area contributed by atoms with E-state index in [9.17, 15) is 4.79 Å². The molecule has 1 N–H and O–H groups in total. The van der Waals surface area contributed by atoms with E-state index in [4.69, 9.17) is 4.74 Å². The Balaban J connectivity index is 1.75. The van der Waals surface area contributed by atoms with Crippen LogP contribution in [0.25, 0.3) is 0 Å². The average Bonchev–Trinajstić information content (AvgIpc) is 3.02. The Morgan fingerprint density at radius 1 is 1.50 bits per heavy atom. The molecule has 0 aromatic carbocycles. The number of hydrogen-bond donors (Lipinski definition) is 1. The Labute approximate surface area is 97.3 Å². The fourth-order valence-electron chi connectivity index (χ4n) is 2.49. The monoisotopic (exact) mass is 226 g/mol. The number of rotatable bonds is 5. The first-order chi connectivity index (χ1) is 7.70. The van der Waals surface area contributed by atoms with Gasteiger partial charge in [0.25, 0.3) is 0 Å². The number of methoxy groups -OCH3 is 1. The fraction of sp³-hybridized carbons (Fsp3) is 0.917. The highest BCUT2D eigenvalue weighted by Gasteiger charge is 2.37. The number of nitrogens with one attached hydrogen (secondary N) is 1. The Morgan fingerprint density at radius 2 is 2.25 bits per heavy atom. The molecule has 1 aliphatic carbocycles. The van der Waals surface area contributed by atoms with Crippen molar-refractivity contribution in [3.8, 4) is 0 Å². The van der Waals surface area contributed by atoms with Crippen LogP contribution in [0.1, 0.15) is 19.3 Å². The van der Waals surface area contributed by atoms with Crippen LogP contribution >= 0.6 is 0 Å². The normalized spacial score (nSPS) is 28.0. The molecule has 2 rings (SSSR count). The third-order valence-electron chi connectivity index (χ3n) is 3.66. The maximum atomic E-state index is 11.6. The van der Waals surface area contributed by atoms with Crippen molar-refractivity contribution in [2.24, 2.45) is 11.8 Å². The Kier molecular flexibility index (Phi) is 3.82. The molecule has 0 aromatic rings. The molecule has 0 aromatic heterocycles. The van der Waals surface area contributed by atoms with E-state index in [-0.39, 0.29) is 12.0 Å². The van der Waals surface area contributed by atoms with Gasteiger partial charge >= 0.3 is 5.97 Å². The minimum absolute atomic E-state index is 0.0593. The Bertz CT molecular complexity index is 253. The van der Waals surface area contributed by atoms with Gasteiger partial charge in [0.2, 0.25) is 0 Å². The average molecular weight is 226 g/mol. The van der Waals surface area contributed by atoms with Gasteiger partial charge in [-0.2, -0.15) is 0 Å². The Morgan fingerprint density at radius 3 is 2.75 bits per heavy atom. The van der Waals surface area contributed by atoms with Gasteiger partial charge in [-0.15, -0.1) is 0 Å². The van der Waals surface area contributed by atoms with Gasteiger partial charge in [-0.05, 0) is 44.7 Å². The lowest BCUT2D eigenvalue weighted by Gasteiger charge is -2.18. The molecular formula is C12H22N2O2. The maximum absolute atomic E-state index is 11.6. The van der Waals surface area contributed by atoms with Gasteiger partial charge in [0.05, 0.1) is 7.11 Å². The lowest BCUT2D eigenvalue weighted by atomic mass is 10.1. The molecule has 1 saturated heterocycles. The lowest BCUT2D eigenvalue weighted by Crippen LogP contribution is -2.42. The van der Waals surface area contributed by atoms with E-state index in [1.165, 1.54) is 20.1 Å². The van der Waals surface area contributed by atoms with Gasteiger partial charge in [0.1, 0.15) is 6.04 Å². The predicted molar refractivity (Wildman–Crippen MR) is 62.1 cm³/mol. The first kappa shape index (κ1) is 11.9. The first-order valence-electron chi connectivity index (χ1n) is 6.20. The molecule has 1 saturated carbocycles. The summed E-state index contributed by atoms with van der Waals surface area (Å²) < 4.78 is 4.84. The second-order valence-electron chi connectivity index (χ2n) is 5.16. The van der Waals surface area contributed by atoms with Crippen LogP contribution in [-0.2, 0) is 9.53 Å². The molecule has 0 amide bonds. The maximum Gasteiger partial charge on any atom is 0.323 e. The SMILES string of the molecule is COC(=O)C(NCC1CCN(C)C1)C1CC1. The predicted octanol–water partition coefficient (Wildman–Crippen LogP) is 0.479. The highest BCUT2D eigenvalue weighted by Crippen LogP contribution is 2.33. The molecule has 0 bridgehead atoms. The van der Waals surface area contributed by atoms with Crippen molar-refractivity contribution >= 4 is 5.97 Å². The molecule has 16 heavy (non-hydrogen) atoms. The largest absolute Gasteiger partial charge is 0.468 e. The van der Waals surface area contributed by atoms with Gasteiger partial charge < -0.3 is 15.0 Å². The van der Waals surface area contributed by atoms with Crippen LogP contribution in [0.3, 0.4) is 0 Å². The van der Waals surface area contributed by atoms with Crippen molar-refractivity contribution in [2.75, 3.05) is 33.8 Å². The quantitative estimate of drug-likeness (QED) is 0.692. The topological polar surface area (TPSA) is 41.6 Å². The molecule has 0 spiro atoms. The number of nitrogens with zero attached hydrogens (tertiary/aromatic N) is 1. The second kappa shape index (κ2) is 5.15. The number of likely N-dealkylation sites (tertiary alicyclic amines) is 1.